The van der Waals surface area contributed by atoms with Crippen LogP contribution in [-0.4, -0.2) is 25.2 Å². The van der Waals surface area contributed by atoms with E-state index in [2.05, 4.69) is 15.4 Å². The minimum atomic E-state index is -0.517. The molecule has 0 saturated carbocycles. The predicted octanol–water partition coefficient (Wildman–Crippen LogP) is 2.56. The Balaban J connectivity index is 1.54. The molecule has 0 spiro atoms. The first-order valence-electron chi connectivity index (χ1n) is 9.50. The second-order valence-electron chi connectivity index (χ2n) is 6.95. The Morgan fingerprint density at radius 3 is 2.67 bits per heavy atom. The lowest BCUT2D eigenvalue weighted by Gasteiger charge is -2.19. The maximum Gasteiger partial charge on any atom is 0.222 e. The zero-order valence-corrected chi connectivity index (χ0v) is 16.3. The smallest absolute Gasteiger partial charge is 0.222 e. The van der Waals surface area contributed by atoms with Gasteiger partial charge >= 0.3 is 0 Å². The Hall–Kier alpha value is -3.81. The normalized spacial score (nSPS) is 12.1. The summed E-state index contributed by atoms with van der Waals surface area (Å²) in [5, 5.41) is 7.69. The highest BCUT2D eigenvalue weighted by Crippen LogP contribution is 2.21. The van der Waals surface area contributed by atoms with Gasteiger partial charge < -0.3 is 9.88 Å². The van der Waals surface area contributed by atoms with Crippen molar-refractivity contribution in [2.75, 3.05) is 0 Å². The van der Waals surface area contributed by atoms with Gasteiger partial charge in [0.15, 0.2) is 0 Å². The third-order valence-electron chi connectivity index (χ3n) is 4.94. The fourth-order valence-electron chi connectivity index (χ4n) is 3.39. The molecule has 1 unspecified atom stereocenters. The van der Waals surface area contributed by atoms with Gasteiger partial charge in [0.05, 0.1) is 18.3 Å². The summed E-state index contributed by atoms with van der Waals surface area (Å²) in [5.74, 6) is 0.0821. The monoisotopic (exact) mass is 405 g/mol. The van der Waals surface area contributed by atoms with Gasteiger partial charge in [0.1, 0.15) is 17.7 Å². The number of para-hydroxylation sites is 1. The van der Waals surface area contributed by atoms with Crippen molar-refractivity contribution in [3.05, 3.63) is 94.5 Å². The van der Waals surface area contributed by atoms with E-state index >= 15 is 0 Å². The van der Waals surface area contributed by atoms with E-state index in [4.69, 9.17) is 0 Å². The molecule has 0 saturated heterocycles. The van der Waals surface area contributed by atoms with Crippen LogP contribution < -0.4 is 10.7 Å². The molecular formula is C22H20FN5O2. The van der Waals surface area contributed by atoms with Crippen LogP contribution in [0.15, 0.2) is 71.9 Å². The number of aromatic nitrogens is 4. The quantitative estimate of drug-likeness (QED) is 0.535. The van der Waals surface area contributed by atoms with Gasteiger partial charge in [-0.05, 0) is 29.8 Å². The number of fused-ring (bicyclic) bond motifs is 1. The molecule has 0 aliphatic rings. The van der Waals surface area contributed by atoms with Crippen LogP contribution in [0.1, 0.15) is 23.9 Å². The second-order valence-corrected chi connectivity index (χ2v) is 6.95. The molecular weight excluding hydrogens is 385 g/mol. The summed E-state index contributed by atoms with van der Waals surface area (Å²) < 4.78 is 16.8. The van der Waals surface area contributed by atoms with E-state index in [1.54, 1.807) is 47.4 Å². The first-order chi connectivity index (χ1) is 14.5. The lowest BCUT2D eigenvalue weighted by Crippen LogP contribution is -2.32. The molecule has 4 aromatic rings. The van der Waals surface area contributed by atoms with E-state index in [0.717, 1.165) is 5.56 Å². The Kier molecular flexibility index (Phi) is 5.38. The summed E-state index contributed by atoms with van der Waals surface area (Å²) in [4.78, 5) is 29.1. The topological polar surface area (TPSA) is 81.8 Å². The van der Waals surface area contributed by atoms with Crippen molar-refractivity contribution in [3.63, 3.8) is 0 Å². The number of nitrogens with one attached hydrogen (secondary N) is 1. The van der Waals surface area contributed by atoms with Crippen molar-refractivity contribution in [1.29, 1.82) is 0 Å². The number of carbonyl (C=O) groups is 1. The first kappa shape index (κ1) is 19.5. The number of nitrogens with zero attached hydrogens (tertiary/aromatic N) is 4. The van der Waals surface area contributed by atoms with Crippen molar-refractivity contribution in [1.82, 2.24) is 24.6 Å². The molecule has 0 bridgehead atoms. The molecule has 152 valence electrons. The third-order valence-corrected chi connectivity index (χ3v) is 4.94. The van der Waals surface area contributed by atoms with E-state index < -0.39 is 6.04 Å². The third kappa shape index (κ3) is 3.98. The lowest BCUT2D eigenvalue weighted by atomic mass is 10.1. The lowest BCUT2D eigenvalue weighted by molar-refractivity contribution is -0.121. The predicted molar refractivity (Wildman–Crippen MR) is 110 cm³/mol. The summed E-state index contributed by atoms with van der Waals surface area (Å²) >= 11 is 0. The zero-order valence-electron chi connectivity index (χ0n) is 16.3. The van der Waals surface area contributed by atoms with Crippen molar-refractivity contribution >= 4 is 16.8 Å². The highest BCUT2D eigenvalue weighted by Gasteiger charge is 2.21. The molecule has 4 rings (SSSR count). The molecule has 0 fully saturated rings. The fraction of sp³-hybridized carbons (Fsp3) is 0.182. The highest BCUT2D eigenvalue weighted by atomic mass is 19.1. The molecule has 1 amide bonds. The number of benzene rings is 2. The Morgan fingerprint density at radius 2 is 1.93 bits per heavy atom. The molecule has 0 aliphatic heterocycles. The van der Waals surface area contributed by atoms with Crippen LogP contribution in [0.4, 0.5) is 4.39 Å². The summed E-state index contributed by atoms with van der Waals surface area (Å²) in [5.41, 5.74) is 1.25. The van der Waals surface area contributed by atoms with E-state index in [-0.39, 0.29) is 23.6 Å². The van der Waals surface area contributed by atoms with E-state index in [1.165, 1.54) is 18.3 Å². The molecule has 2 aromatic heterocycles. The van der Waals surface area contributed by atoms with Crippen LogP contribution in [0.5, 0.6) is 0 Å². The number of imidazole rings is 1. The molecule has 8 heteroatoms. The Labute approximate surface area is 171 Å². The van der Waals surface area contributed by atoms with Crippen LogP contribution in [0.25, 0.3) is 10.9 Å². The van der Waals surface area contributed by atoms with Gasteiger partial charge in [0.25, 0.3) is 0 Å². The van der Waals surface area contributed by atoms with Crippen molar-refractivity contribution in [3.8, 4) is 0 Å². The molecule has 30 heavy (non-hydrogen) atoms. The van der Waals surface area contributed by atoms with Crippen LogP contribution in [0.3, 0.4) is 0 Å². The maximum absolute atomic E-state index is 13.4. The zero-order chi connectivity index (χ0) is 21.1. The second kappa shape index (κ2) is 8.28. The van der Waals surface area contributed by atoms with E-state index in [0.29, 0.717) is 23.3 Å². The number of hydrogen-bond acceptors (Lipinski definition) is 4. The number of hydrogen-bond donors (Lipinski definition) is 1. The molecule has 1 N–H and O–H groups in total. The molecule has 7 nitrogen and oxygen atoms in total. The van der Waals surface area contributed by atoms with E-state index in [1.807, 2.05) is 17.7 Å². The standard InChI is InChI=1S/C22H20FN5O2/c1-27-13-11-24-22(27)21(15-6-8-16(23)9-7-15)26-20(30)10-12-28-18-5-3-2-4-17(18)19(29)14-25-28/h2-9,11,13-14,21H,10,12H2,1H3,(H,26,30). The summed E-state index contributed by atoms with van der Waals surface area (Å²) in [7, 11) is 1.83. The summed E-state index contributed by atoms with van der Waals surface area (Å²) in [6.07, 6.45) is 4.85. The van der Waals surface area contributed by atoms with E-state index in [9.17, 15) is 14.0 Å². The fourth-order valence-corrected chi connectivity index (χ4v) is 3.39. The SMILES string of the molecule is Cn1ccnc1C(NC(=O)CCn1ncc(=O)c2ccccc21)c1ccc(F)cc1. The van der Waals surface area contributed by atoms with Crippen molar-refractivity contribution < 1.29 is 9.18 Å². The molecule has 2 heterocycles. The minimum Gasteiger partial charge on any atom is -0.342 e. The number of carbonyl (C=O) groups excluding carboxylic acids is 1. The molecule has 2 aromatic carbocycles. The van der Waals surface area contributed by atoms with Crippen LogP contribution in [0, 0.1) is 5.82 Å². The van der Waals surface area contributed by atoms with Gasteiger partial charge in [-0.1, -0.05) is 24.3 Å². The highest BCUT2D eigenvalue weighted by molar-refractivity contribution is 5.79. The van der Waals surface area contributed by atoms with Gasteiger partial charge in [-0.25, -0.2) is 9.37 Å². The van der Waals surface area contributed by atoms with Crippen molar-refractivity contribution in [2.24, 2.45) is 7.05 Å². The number of halogens is 1. The number of amides is 1. The summed E-state index contributed by atoms with van der Waals surface area (Å²) in [6.45, 7) is 0.309. The van der Waals surface area contributed by atoms with Crippen LogP contribution >= 0.6 is 0 Å². The minimum absolute atomic E-state index is 0.155. The average Bonchev–Trinajstić information content (AvgIpc) is 3.18. The van der Waals surface area contributed by atoms with Crippen LogP contribution in [-0.2, 0) is 18.4 Å². The molecule has 0 aliphatic carbocycles. The maximum atomic E-state index is 13.4. The number of rotatable bonds is 6. The van der Waals surface area contributed by atoms with Crippen molar-refractivity contribution in [2.45, 2.75) is 19.0 Å². The Morgan fingerprint density at radius 1 is 1.17 bits per heavy atom. The largest absolute Gasteiger partial charge is 0.342 e. The average molecular weight is 405 g/mol. The van der Waals surface area contributed by atoms with Gasteiger partial charge in [-0.15, -0.1) is 0 Å². The Bertz CT molecular complexity index is 1250. The first-order valence-corrected chi connectivity index (χ1v) is 9.50. The number of aryl methyl sites for hydroxylation is 2. The van der Waals surface area contributed by atoms with Gasteiger partial charge in [0, 0.05) is 31.2 Å². The molecule has 0 radical (unpaired) electrons. The van der Waals surface area contributed by atoms with Gasteiger partial charge in [0.2, 0.25) is 11.3 Å². The van der Waals surface area contributed by atoms with Crippen LogP contribution in [0.2, 0.25) is 0 Å². The van der Waals surface area contributed by atoms with Gasteiger partial charge in [-0.2, -0.15) is 5.10 Å². The summed E-state index contributed by atoms with van der Waals surface area (Å²) in [6, 6.07) is 12.6. The van der Waals surface area contributed by atoms with Gasteiger partial charge in [-0.3, -0.25) is 14.3 Å². The molecule has 1 atom stereocenters.